The van der Waals surface area contributed by atoms with E-state index in [1.165, 1.54) is 44.9 Å². The molecular formula is C21H33N5O. The van der Waals surface area contributed by atoms with Crippen LogP contribution in [0, 0.1) is 5.92 Å². The van der Waals surface area contributed by atoms with Gasteiger partial charge in [0.05, 0.1) is 0 Å². The Hall–Kier alpha value is -1.85. The smallest absolute Gasteiger partial charge is 0.222 e. The lowest BCUT2D eigenvalue weighted by Crippen LogP contribution is -2.49. The maximum absolute atomic E-state index is 12.6. The van der Waals surface area contributed by atoms with E-state index in [2.05, 4.69) is 30.7 Å². The molecule has 2 saturated heterocycles. The predicted molar refractivity (Wildman–Crippen MR) is 108 cm³/mol. The third kappa shape index (κ3) is 4.71. The van der Waals surface area contributed by atoms with Crippen LogP contribution in [-0.2, 0) is 4.79 Å². The lowest BCUT2D eigenvalue weighted by molar-refractivity contribution is -0.131. The first-order chi connectivity index (χ1) is 13.3. The Kier molecular flexibility index (Phi) is 6.10. The molecule has 0 unspecified atom stereocenters. The summed E-state index contributed by atoms with van der Waals surface area (Å²) in [5.74, 6) is 3.18. The number of carbonyl (C=O) groups is 1. The van der Waals surface area contributed by atoms with E-state index in [0.29, 0.717) is 5.91 Å². The van der Waals surface area contributed by atoms with Gasteiger partial charge in [0.15, 0.2) is 0 Å². The van der Waals surface area contributed by atoms with Crippen molar-refractivity contribution in [1.82, 2.24) is 14.9 Å². The second-order valence-corrected chi connectivity index (χ2v) is 8.34. The summed E-state index contributed by atoms with van der Waals surface area (Å²) >= 11 is 0. The summed E-state index contributed by atoms with van der Waals surface area (Å²) in [7, 11) is 0. The third-order valence-corrected chi connectivity index (χ3v) is 6.52. The second-order valence-electron chi connectivity index (χ2n) is 8.34. The number of nitrogens with zero attached hydrogens (tertiary/aromatic N) is 5. The molecule has 1 saturated carbocycles. The van der Waals surface area contributed by atoms with Gasteiger partial charge in [-0.1, -0.05) is 32.1 Å². The molecule has 2 aliphatic heterocycles. The van der Waals surface area contributed by atoms with Crippen molar-refractivity contribution in [3.63, 3.8) is 0 Å². The summed E-state index contributed by atoms with van der Waals surface area (Å²) in [5.41, 5.74) is 0. The van der Waals surface area contributed by atoms with E-state index in [9.17, 15) is 4.79 Å². The molecule has 0 aromatic carbocycles. The maximum Gasteiger partial charge on any atom is 0.222 e. The van der Waals surface area contributed by atoms with E-state index in [-0.39, 0.29) is 0 Å². The van der Waals surface area contributed by atoms with E-state index in [0.717, 1.165) is 69.7 Å². The fourth-order valence-electron chi connectivity index (χ4n) is 4.78. The zero-order valence-electron chi connectivity index (χ0n) is 16.5. The summed E-state index contributed by atoms with van der Waals surface area (Å²) in [4.78, 5) is 28.2. The van der Waals surface area contributed by atoms with Crippen LogP contribution in [0.3, 0.4) is 0 Å². The minimum Gasteiger partial charge on any atom is -0.356 e. The molecule has 1 amide bonds. The van der Waals surface area contributed by atoms with Crippen molar-refractivity contribution in [3.05, 3.63) is 12.4 Å². The maximum atomic E-state index is 12.6. The number of carbonyl (C=O) groups excluding carboxylic acids is 1. The predicted octanol–water partition coefficient (Wildman–Crippen LogP) is 3.09. The fourth-order valence-corrected chi connectivity index (χ4v) is 4.78. The van der Waals surface area contributed by atoms with Crippen molar-refractivity contribution in [2.24, 2.45) is 5.92 Å². The van der Waals surface area contributed by atoms with Crippen molar-refractivity contribution in [2.45, 2.75) is 57.8 Å². The molecule has 0 atom stereocenters. The van der Waals surface area contributed by atoms with Crippen LogP contribution in [0.2, 0.25) is 0 Å². The number of piperazine rings is 1. The van der Waals surface area contributed by atoms with Crippen LogP contribution < -0.4 is 9.80 Å². The van der Waals surface area contributed by atoms with E-state index in [1.807, 2.05) is 0 Å². The van der Waals surface area contributed by atoms with Gasteiger partial charge in [0.1, 0.15) is 18.0 Å². The van der Waals surface area contributed by atoms with Crippen LogP contribution in [0.15, 0.2) is 12.4 Å². The minimum atomic E-state index is 0.348. The molecule has 3 heterocycles. The van der Waals surface area contributed by atoms with Gasteiger partial charge in [-0.05, 0) is 25.2 Å². The minimum absolute atomic E-state index is 0.348. The molecule has 0 radical (unpaired) electrons. The normalized spacial score (nSPS) is 21.7. The molecule has 0 N–H and O–H groups in total. The molecule has 27 heavy (non-hydrogen) atoms. The Balaban J connectivity index is 1.26. The van der Waals surface area contributed by atoms with Crippen LogP contribution in [0.4, 0.5) is 11.6 Å². The molecule has 1 aliphatic carbocycles. The van der Waals surface area contributed by atoms with Gasteiger partial charge >= 0.3 is 0 Å². The van der Waals surface area contributed by atoms with Gasteiger partial charge in [0, 0.05) is 51.8 Å². The fraction of sp³-hybridized carbons (Fsp3) is 0.762. The summed E-state index contributed by atoms with van der Waals surface area (Å²) in [5, 5.41) is 0. The molecule has 1 aromatic heterocycles. The van der Waals surface area contributed by atoms with Crippen LogP contribution in [0.1, 0.15) is 57.8 Å². The number of aromatic nitrogens is 2. The van der Waals surface area contributed by atoms with Crippen LogP contribution in [0.25, 0.3) is 0 Å². The first-order valence-corrected chi connectivity index (χ1v) is 10.9. The Morgan fingerprint density at radius 1 is 0.852 bits per heavy atom. The average molecular weight is 372 g/mol. The summed E-state index contributed by atoms with van der Waals surface area (Å²) in [6.45, 7) is 5.55. The molecule has 0 bridgehead atoms. The Bertz CT molecular complexity index is 617. The highest BCUT2D eigenvalue weighted by atomic mass is 16.2. The first-order valence-electron chi connectivity index (χ1n) is 10.9. The molecule has 4 rings (SSSR count). The second kappa shape index (κ2) is 8.89. The molecule has 0 spiro atoms. The van der Waals surface area contributed by atoms with Gasteiger partial charge in [-0.15, -0.1) is 0 Å². The van der Waals surface area contributed by atoms with E-state index in [1.54, 1.807) is 6.33 Å². The Labute approximate surface area is 162 Å². The van der Waals surface area contributed by atoms with Crippen LogP contribution in [0.5, 0.6) is 0 Å². The van der Waals surface area contributed by atoms with Crippen molar-refractivity contribution in [1.29, 1.82) is 0 Å². The van der Waals surface area contributed by atoms with E-state index >= 15 is 0 Å². The van der Waals surface area contributed by atoms with Gasteiger partial charge < -0.3 is 14.7 Å². The number of rotatable bonds is 5. The molecule has 6 heteroatoms. The average Bonchev–Trinajstić information content (AvgIpc) is 3.28. The molecular weight excluding hydrogens is 338 g/mol. The highest BCUT2D eigenvalue weighted by Gasteiger charge is 2.24. The van der Waals surface area contributed by atoms with Crippen LogP contribution in [-0.4, -0.2) is 60.0 Å². The van der Waals surface area contributed by atoms with Crippen LogP contribution >= 0.6 is 0 Å². The number of hydrogen-bond acceptors (Lipinski definition) is 5. The quantitative estimate of drug-likeness (QED) is 0.796. The van der Waals surface area contributed by atoms with Gasteiger partial charge in [-0.3, -0.25) is 4.79 Å². The molecule has 148 valence electrons. The summed E-state index contributed by atoms with van der Waals surface area (Å²) in [6.07, 6.45) is 12.8. The third-order valence-electron chi connectivity index (χ3n) is 6.52. The van der Waals surface area contributed by atoms with Gasteiger partial charge in [0.2, 0.25) is 5.91 Å². The summed E-state index contributed by atoms with van der Waals surface area (Å²) < 4.78 is 0. The van der Waals surface area contributed by atoms with Crippen molar-refractivity contribution < 1.29 is 4.79 Å². The monoisotopic (exact) mass is 371 g/mol. The van der Waals surface area contributed by atoms with E-state index in [4.69, 9.17) is 0 Å². The Morgan fingerprint density at radius 3 is 2.15 bits per heavy atom. The van der Waals surface area contributed by atoms with Crippen molar-refractivity contribution in [3.8, 4) is 0 Å². The lowest BCUT2D eigenvalue weighted by Gasteiger charge is -2.36. The van der Waals surface area contributed by atoms with Crippen molar-refractivity contribution in [2.75, 3.05) is 49.1 Å². The number of anilines is 2. The first kappa shape index (κ1) is 18.5. The highest BCUT2D eigenvalue weighted by Crippen LogP contribution is 2.28. The lowest BCUT2D eigenvalue weighted by atomic mass is 9.86. The standard InChI is InChI=1S/C21H33N5O/c27-21(9-8-18-6-2-1-3-7-18)26-14-12-25(13-15-26)20-16-19(22-17-23-20)24-10-4-5-11-24/h16-18H,1-15H2. The number of amides is 1. The zero-order valence-corrected chi connectivity index (χ0v) is 16.5. The zero-order chi connectivity index (χ0) is 18.5. The van der Waals surface area contributed by atoms with E-state index < -0.39 is 0 Å². The molecule has 3 aliphatic rings. The Morgan fingerprint density at radius 2 is 1.48 bits per heavy atom. The molecule has 1 aromatic rings. The number of hydrogen-bond donors (Lipinski definition) is 0. The largest absolute Gasteiger partial charge is 0.356 e. The molecule has 6 nitrogen and oxygen atoms in total. The highest BCUT2D eigenvalue weighted by molar-refractivity contribution is 5.76. The molecule has 3 fully saturated rings. The van der Waals surface area contributed by atoms with Gasteiger partial charge in [-0.25, -0.2) is 9.97 Å². The van der Waals surface area contributed by atoms with Gasteiger partial charge in [-0.2, -0.15) is 0 Å². The topological polar surface area (TPSA) is 52.6 Å². The van der Waals surface area contributed by atoms with Gasteiger partial charge in [0.25, 0.3) is 0 Å². The SMILES string of the molecule is O=C(CCC1CCCCC1)N1CCN(c2cc(N3CCCC3)ncn2)CC1. The van der Waals surface area contributed by atoms with Crippen molar-refractivity contribution >= 4 is 17.5 Å². The summed E-state index contributed by atoms with van der Waals surface area (Å²) in [6, 6.07) is 2.12.